The first-order chi connectivity index (χ1) is 14.7. The van der Waals surface area contributed by atoms with Crippen molar-refractivity contribution in [3.8, 4) is 5.75 Å². The molecule has 7 heteroatoms. The van der Waals surface area contributed by atoms with Gasteiger partial charge in [-0.25, -0.2) is 8.42 Å². The molecule has 0 fully saturated rings. The van der Waals surface area contributed by atoms with Gasteiger partial charge in [-0.2, -0.15) is 0 Å². The maximum absolute atomic E-state index is 13.8. The van der Waals surface area contributed by atoms with Crippen LogP contribution in [0.3, 0.4) is 0 Å². The van der Waals surface area contributed by atoms with E-state index in [1.807, 2.05) is 56.3 Å². The highest BCUT2D eigenvalue weighted by Crippen LogP contribution is 2.35. The van der Waals surface area contributed by atoms with Crippen LogP contribution < -0.4 is 14.4 Å². The Morgan fingerprint density at radius 2 is 1.68 bits per heavy atom. The van der Waals surface area contributed by atoms with E-state index in [-0.39, 0.29) is 10.8 Å². The number of hydrogen-bond acceptors (Lipinski definition) is 4. The number of amides is 1. The number of hydrogen-bond donors (Lipinski definition) is 1. The molecule has 0 saturated heterocycles. The van der Waals surface area contributed by atoms with Gasteiger partial charge in [0.25, 0.3) is 10.0 Å². The average molecular weight is 439 g/mol. The van der Waals surface area contributed by atoms with E-state index < -0.39 is 16.1 Å². The lowest BCUT2D eigenvalue weighted by atomic mass is 10.1. The predicted octanol–water partition coefficient (Wildman–Crippen LogP) is 4.92. The Hall–Kier alpha value is -3.32. The van der Waals surface area contributed by atoms with Gasteiger partial charge >= 0.3 is 0 Å². The van der Waals surface area contributed by atoms with Gasteiger partial charge in [-0.1, -0.05) is 24.3 Å². The minimum Gasteiger partial charge on any atom is -0.497 e. The summed E-state index contributed by atoms with van der Waals surface area (Å²) in [6.07, 6.45) is 0. The van der Waals surface area contributed by atoms with Crippen molar-refractivity contribution in [2.24, 2.45) is 0 Å². The molecule has 3 aromatic carbocycles. The Morgan fingerprint density at radius 3 is 2.29 bits per heavy atom. The molecule has 3 aromatic rings. The van der Waals surface area contributed by atoms with E-state index in [1.54, 1.807) is 25.3 Å². The number of carbonyl (C=O) groups excluding carboxylic acids is 1. The van der Waals surface area contributed by atoms with Crippen LogP contribution in [-0.2, 0) is 14.8 Å². The first kappa shape index (κ1) is 22.4. The maximum atomic E-state index is 13.8. The van der Waals surface area contributed by atoms with Crippen LogP contribution in [0, 0.1) is 6.92 Å². The number of carbonyl (C=O) groups is 1. The molecule has 0 bridgehead atoms. The molecule has 1 N–H and O–H groups in total. The Labute approximate surface area is 183 Å². The van der Waals surface area contributed by atoms with Crippen molar-refractivity contribution in [1.82, 2.24) is 0 Å². The van der Waals surface area contributed by atoms with Crippen LogP contribution in [0.25, 0.3) is 0 Å². The highest BCUT2D eigenvalue weighted by molar-refractivity contribution is 7.92. The standard InChI is InChI=1S/C24H26N2O4S/c1-17-7-5-9-22(15-17)26(18(2)20-8-6-10-23(16-20)30-4)31(28,29)24-13-11-21(12-14-24)25-19(3)27/h5-16,18H,1-4H3,(H,25,27). The van der Waals surface area contributed by atoms with Gasteiger partial charge in [-0.3, -0.25) is 9.10 Å². The molecule has 1 unspecified atom stereocenters. The molecule has 6 nitrogen and oxygen atoms in total. The monoisotopic (exact) mass is 438 g/mol. The molecule has 0 saturated carbocycles. The van der Waals surface area contributed by atoms with Gasteiger partial charge in [0.1, 0.15) is 5.75 Å². The van der Waals surface area contributed by atoms with Gasteiger partial charge < -0.3 is 10.1 Å². The minimum absolute atomic E-state index is 0.137. The largest absolute Gasteiger partial charge is 0.497 e. The lowest BCUT2D eigenvalue weighted by Gasteiger charge is -2.31. The molecule has 3 rings (SSSR count). The molecule has 162 valence electrons. The van der Waals surface area contributed by atoms with Crippen molar-refractivity contribution in [2.75, 3.05) is 16.7 Å². The Bertz CT molecular complexity index is 1170. The summed E-state index contributed by atoms with van der Waals surface area (Å²) >= 11 is 0. The lowest BCUT2D eigenvalue weighted by Crippen LogP contribution is -2.33. The number of benzene rings is 3. The summed E-state index contributed by atoms with van der Waals surface area (Å²) in [6.45, 7) is 5.17. The fourth-order valence-electron chi connectivity index (χ4n) is 3.40. The second kappa shape index (κ2) is 9.22. The molecule has 0 aromatic heterocycles. The fraction of sp³-hybridized carbons (Fsp3) is 0.208. The Morgan fingerprint density at radius 1 is 1.00 bits per heavy atom. The summed E-state index contributed by atoms with van der Waals surface area (Å²) in [5.41, 5.74) is 2.87. The zero-order chi connectivity index (χ0) is 22.6. The molecule has 0 spiro atoms. The quantitative estimate of drug-likeness (QED) is 0.568. The average Bonchev–Trinajstić information content (AvgIpc) is 2.73. The van der Waals surface area contributed by atoms with Crippen LogP contribution >= 0.6 is 0 Å². The minimum atomic E-state index is -3.90. The van der Waals surface area contributed by atoms with Crippen LogP contribution in [0.4, 0.5) is 11.4 Å². The lowest BCUT2D eigenvalue weighted by molar-refractivity contribution is -0.114. The maximum Gasteiger partial charge on any atom is 0.264 e. The van der Waals surface area contributed by atoms with E-state index in [0.717, 1.165) is 11.1 Å². The Balaban J connectivity index is 2.10. The summed E-state index contributed by atoms with van der Waals surface area (Å²) in [5, 5.41) is 2.65. The van der Waals surface area contributed by atoms with E-state index in [2.05, 4.69) is 5.32 Å². The van der Waals surface area contributed by atoms with Crippen LogP contribution in [0.1, 0.15) is 31.0 Å². The van der Waals surface area contributed by atoms with Crippen molar-refractivity contribution < 1.29 is 17.9 Å². The van der Waals surface area contributed by atoms with Gasteiger partial charge in [0.15, 0.2) is 0 Å². The topological polar surface area (TPSA) is 75.7 Å². The van der Waals surface area contributed by atoms with Crippen LogP contribution in [0.2, 0.25) is 0 Å². The van der Waals surface area contributed by atoms with Crippen molar-refractivity contribution in [1.29, 1.82) is 0 Å². The second-order valence-electron chi connectivity index (χ2n) is 7.30. The number of methoxy groups -OCH3 is 1. The molecule has 0 aliphatic rings. The van der Waals surface area contributed by atoms with Crippen molar-refractivity contribution in [2.45, 2.75) is 31.7 Å². The van der Waals surface area contributed by atoms with E-state index in [0.29, 0.717) is 17.1 Å². The van der Waals surface area contributed by atoms with Gasteiger partial charge in [-0.15, -0.1) is 0 Å². The molecule has 0 aliphatic heterocycles. The van der Waals surface area contributed by atoms with Crippen LogP contribution in [-0.4, -0.2) is 21.4 Å². The molecule has 1 atom stereocenters. The van der Waals surface area contributed by atoms with Gasteiger partial charge in [-0.05, 0) is 73.5 Å². The number of rotatable bonds is 7. The Kier molecular flexibility index (Phi) is 6.65. The molecule has 0 aliphatic carbocycles. The summed E-state index contributed by atoms with van der Waals surface area (Å²) in [6, 6.07) is 20.5. The summed E-state index contributed by atoms with van der Waals surface area (Å²) < 4.78 is 34.2. The number of nitrogens with one attached hydrogen (secondary N) is 1. The molecule has 0 heterocycles. The van der Waals surface area contributed by atoms with Crippen LogP contribution in [0.15, 0.2) is 77.7 Å². The second-order valence-corrected chi connectivity index (χ2v) is 9.11. The van der Waals surface area contributed by atoms with Crippen LogP contribution in [0.5, 0.6) is 5.75 Å². The van der Waals surface area contributed by atoms with Crippen molar-refractivity contribution in [3.05, 3.63) is 83.9 Å². The molecule has 31 heavy (non-hydrogen) atoms. The molecular weight excluding hydrogens is 412 g/mol. The molecule has 1 amide bonds. The third kappa shape index (κ3) is 5.06. The van der Waals surface area contributed by atoms with E-state index in [1.165, 1.54) is 23.4 Å². The van der Waals surface area contributed by atoms with Gasteiger partial charge in [0.05, 0.1) is 23.7 Å². The van der Waals surface area contributed by atoms with E-state index in [4.69, 9.17) is 4.74 Å². The predicted molar refractivity (Wildman–Crippen MR) is 123 cm³/mol. The van der Waals surface area contributed by atoms with Crippen molar-refractivity contribution >= 4 is 27.3 Å². The first-order valence-electron chi connectivity index (χ1n) is 9.85. The number of anilines is 2. The third-order valence-corrected chi connectivity index (χ3v) is 6.83. The SMILES string of the molecule is COc1cccc(C(C)N(c2cccc(C)c2)S(=O)(=O)c2ccc(NC(C)=O)cc2)c1. The smallest absolute Gasteiger partial charge is 0.264 e. The number of sulfonamides is 1. The van der Waals surface area contributed by atoms with E-state index in [9.17, 15) is 13.2 Å². The summed E-state index contributed by atoms with van der Waals surface area (Å²) in [5.74, 6) is 0.439. The van der Waals surface area contributed by atoms with Gasteiger partial charge in [0.2, 0.25) is 5.91 Å². The molecular formula is C24H26N2O4S. The molecule has 0 radical (unpaired) electrons. The normalized spacial score (nSPS) is 12.1. The fourth-order valence-corrected chi connectivity index (χ4v) is 5.04. The number of nitrogens with zero attached hydrogens (tertiary/aromatic N) is 1. The zero-order valence-corrected chi connectivity index (χ0v) is 18.8. The van der Waals surface area contributed by atoms with E-state index >= 15 is 0 Å². The van der Waals surface area contributed by atoms with Gasteiger partial charge in [0, 0.05) is 12.6 Å². The highest BCUT2D eigenvalue weighted by Gasteiger charge is 2.30. The third-order valence-electron chi connectivity index (χ3n) is 4.92. The summed E-state index contributed by atoms with van der Waals surface area (Å²) in [7, 11) is -2.32. The summed E-state index contributed by atoms with van der Waals surface area (Å²) in [4.78, 5) is 11.4. The highest BCUT2D eigenvalue weighted by atomic mass is 32.2. The number of aryl methyl sites for hydroxylation is 1. The first-order valence-corrected chi connectivity index (χ1v) is 11.3. The zero-order valence-electron chi connectivity index (χ0n) is 18.0. The van der Waals surface area contributed by atoms with Crippen molar-refractivity contribution in [3.63, 3.8) is 0 Å². The number of ether oxygens (including phenoxy) is 1.